The Kier molecular flexibility index (Phi) is 4.56. The molecule has 1 aliphatic heterocycles. The predicted octanol–water partition coefficient (Wildman–Crippen LogP) is 2.49. The molecule has 1 saturated heterocycles. The molecule has 2 aromatic rings. The second-order valence-electron chi connectivity index (χ2n) is 6.13. The topological polar surface area (TPSA) is 47.1 Å². The highest BCUT2D eigenvalue weighted by Crippen LogP contribution is 2.29. The van der Waals surface area contributed by atoms with E-state index in [2.05, 4.69) is 40.8 Å². The Balaban J connectivity index is 1.64. The molecule has 4 heteroatoms. The van der Waals surface area contributed by atoms with E-state index in [9.17, 15) is 0 Å². The lowest BCUT2D eigenvalue weighted by Crippen LogP contribution is -2.34. The standard InChI is InChI=1S/C17H26N4/c1-20-16-7-3-2-6-15(16)19-17(20)14-8-12-21(13-9-14)11-5-4-10-18/h2-3,6-7,14H,4-5,8-13,18H2,1H3. The summed E-state index contributed by atoms with van der Waals surface area (Å²) in [5.74, 6) is 1.87. The fraction of sp³-hybridized carbons (Fsp3) is 0.588. The average molecular weight is 286 g/mol. The summed E-state index contributed by atoms with van der Waals surface area (Å²) >= 11 is 0. The van der Waals surface area contributed by atoms with E-state index in [0.717, 1.165) is 18.5 Å². The van der Waals surface area contributed by atoms with Crippen molar-refractivity contribution >= 4 is 11.0 Å². The number of fused-ring (bicyclic) bond motifs is 1. The van der Waals surface area contributed by atoms with Crippen LogP contribution in [0.1, 0.15) is 37.4 Å². The zero-order valence-electron chi connectivity index (χ0n) is 13.0. The van der Waals surface area contributed by atoms with Crippen molar-refractivity contribution in [3.63, 3.8) is 0 Å². The Hall–Kier alpha value is -1.39. The van der Waals surface area contributed by atoms with Gasteiger partial charge in [-0.1, -0.05) is 12.1 Å². The Labute approximate surface area is 126 Å². The van der Waals surface area contributed by atoms with E-state index in [4.69, 9.17) is 10.7 Å². The molecule has 0 atom stereocenters. The van der Waals surface area contributed by atoms with E-state index in [0.29, 0.717) is 5.92 Å². The number of nitrogens with two attached hydrogens (primary N) is 1. The van der Waals surface area contributed by atoms with Gasteiger partial charge >= 0.3 is 0 Å². The molecule has 2 N–H and O–H groups in total. The Bertz CT molecular complexity index is 581. The molecule has 0 radical (unpaired) electrons. The van der Waals surface area contributed by atoms with Crippen LogP contribution in [0, 0.1) is 0 Å². The first-order chi connectivity index (χ1) is 10.3. The minimum atomic E-state index is 0.605. The first kappa shape index (κ1) is 14.5. The number of likely N-dealkylation sites (tertiary alicyclic amines) is 1. The van der Waals surface area contributed by atoms with E-state index in [1.54, 1.807) is 0 Å². The van der Waals surface area contributed by atoms with Gasteiger partial charge in [-0.05, 0) is 64.0 Å². The summed E-state index contributed by atoms with van der Waals surface area (Å²) in [6.07, 6.45) is 4.82. The number of nitrogens with zero attached hydrogens (tertiary/aromatic N) is 3. The smallest absolute Gasteiger partial charge is 0.112 e. The molecule has 3 rings (SSSR count). The van der Waals surface area contributed by atoms with Crippen LogP contribution in [0.25, 0.3) is 11.0 Å². The van der Waals surface area contributed by atoms with Crippen molar-refractivity contribution in [1.82, 2.24) is 14.5 Å². The molecule has 0 aliphatic carbocycles. The van der Waals surface area contributed by atoms with Gasteiger partial charge in [-0.25, -0.2) is 4.98 Å². The molecular formula is C17H26N4. The van der Waals surface area contributed by atoms with E-state index >= 15 is 0 Å². The first-order valence-corrected chi connectivity index (χ1v) is 8.13. The van der Waals surface area contributed by atoms with Crippen LogP contribution in [-0.2, 0) is 7.05 Å². The Morgan fingerprint density at radius 1 is 1.19 bits per heavy atom. The Morgan fingerprint density at radius 2 is 1.95 bits per heavy atom. The largest absolute Gasteiger partial charge is 0.331 e. The third-order valence-electron chi connectivity index (χ3n) is 4.70. The van der Waals surface area contributed by atoms with Gasteiger partial charge in [0.25, 0.3) is 0 Å². The van der Waals surface area contributed by atoms with Crippen LogP contribution in [-0.4, -0.2) is 40.6 Å². The number of rotatable bonds is 5. The molecule has 114 valence electrons. The van der Waals surface area contributed by atoms with Gasteiger partial charge in [0.05, 0.1) is 11.0 Å². The quantitative estimate of drug-likeness (QED) is 0.859. The third-order valence-corrected chi connectivity index (χ3v) is 4.70. The fourth-order valence-corrected chi connectivity index (χ4v) is 3.42. The van der Waals surface area contributed by atoms with Gasteiger partial charge in [0.1, 0.15) is 5.82 Å². The highest BCUT2D eigenvalue weighted by Gasteiger charge is 2.24. The number of aryl methyl sites for hydroxylation is 1. The van der Waals surface area contributed by atoms with Crippen LogP contribution in [0.3, 0.4) is 0 Å². The molecule has 2 heterocycles. The molecule has 4 nitrogen and oxygen atoms in total. The molecule has 21 heavy (non-hydrogen) atoms. The summed E-state index contributed by atoms with van der Waals surface area (Å²) in [7, 11) is 2.15. The van der Waals surface area contributed by atoms with Gasteiger partial charge in [-0.3, -0.25) is 0 Å². The van der Waals surface area contributed by atoms with E-state index < -0.39 is 0 Å². The maximum Gasteiger partial charge on any atom is 0.112 e. The molecule has 0 amide bonds. The second-order valence-corrected chi connectivity index (χ2v) is 6.13. The average Bonchev–Trinajstić information content (AvgIpc) is 2.86. The minimum absolute atomic E-state index is 0.605. The molecule has 0 spiro atoms. The van der Waals surface area contributed by atoms with Crippen LogP contribution in [0.4, 0.5) is 0 Å². The van der Waals surface area contributed by atoms with Crippen LogP contribution in [0.2, 0.25) is 0 Å². The molecule has 0 bridgehead atoms. The van der Waals surface area contributed by atoms with Gasteiger partial charge < -0.3 is 15.2 Å². The number of hydrogen-bond acceptors (Lipinski definition) is 3. The number of para-hydroxylation sites is 2. The van der Waals surface area contributed by atoms with Crippen LogP contribution in [0.5, 0.6) is 0 Å². The van der Waals surface area contributed by atoms with Gasteiger partial charge in [0.2, 0.25) is 0 Å². The summed E-state index contributed by atoms with van der Waals surface area (Å²) < 4.78 is 2.28. The zero-order chi connectivity index (χ0) is 14.7. The highest BCUT2D eigenvalue weighted by atomic mass is 15.1. The highest BCUT2D eigenvalue weighted by molar-refractivity contribution is 5.75. The lowest BCUT2D eigenvalue weighted by Gasteiger charge is -2.31. The van der Waals surface area contributed by atoms with Gasteiger partial charge in [0, 0.05) is 13.0 Å². The number of benzene rings is 1. The molecular weight excluding hydrogens is 260 g/mol. The lowest BCUT2D eigenvalue weighted by atomic mass is 9.96. The number of unbranched alkanes of at least 4 members (excludes halogenated alkanes) is 1. The summed E-state index contributed by atoms with van der Waals surface area (Å²) in [6, 6.07) is 8.43. The van der Waals surface area contributed by atoms with Crippen molar-refractivity contribution in [1.29, 1.82) is 0 Å². The predicted molar refractivity (Wildman–Crippen MR) is 87.4 cm³/mol. The van der Waals surface area contributed by atoms with E-state index in [1.165, 1.54) is 50.2 Å². The summed E-state index contributed by atoms with van der Waals surface area (Å²) in [4.78, 5) is 7.44. The molecule has 1 aromatic carbocycles. The number of imidazole rings is 1. The van der Waals surface area contributed by atoms with Crippen LogP contribution in [0.15, 0.2) is 24.3 Å². The molecule has 1 aliphatic rings. The number of hydrogen-bond donors (Lipinski definition) is 1. The van der Waals surface area contributed by atoms with Gasteiger partial charge in [-0.2, -0.15) is 0 Å². The Morgan fingerprint density at radius 3 is 2.67 bits per heavy atom. The van der Waals surface area contributed by atoms with Crippen molar-refractivity contribution in [2.45, 2.75) is 31.6 Å². The molecule has 1 aromatic heterocycles. The monoisotopic (exact) mass is 286 g/mol. The second kappa shape index (κ2) is 6.58. The minimum Gasteiger partial charge on any atom is -0.331 e. The third kappa shape index (κ3) is 3.11. The van der Waals surface area contributed by atoms with Crippen LogP contribution < -0.4 is 5.73 Å². The van der Waals surface area contributed by atoms with Crippen molar-refractivity contribution in [2.75, 3.05) is 26.2 Å². The van der Waals surface area contributed by atoms with Gasteiger partial charge in [-0.15, -0.1) is 0 Å². The van der Waals surface area contributed by atoms with Crippen molar-refractivity contribution in [3.8, 4) is 0 Å². The number of piperidine rings is 1. The first-order valence-electron chi connectivity index (χ1n) is 8.13. The molecule has 0 saturated carbocycles. The lowest BCUT2D eigenvalue weighted by molar-refractivity contribution is 0.205. The van der Waals surface area contributed by atoms with Crippen molar-refractivity contribution in [2.24, 2.45) is 12.8 Å². The van der Waals surface area contributed by atoms with E-state index in [-0.39, 0.29) is 0 Å². The van der Waals surface area contributed by atoms with Gasteiger partial charge in [0.15, 0.2) is 0 Å². The summed E-state index contributed by atoms with van der Waals surface area (Å²) in [6.45, 7) is 4.40. The fourth-order valence-electron chi connectivity index (χ4n) is 3.42. The maximum absolute atomic E-state index is 5.57. The normalized spacial score (nSPS) is 17.6. The van der Waals surface area contributed by atoms with Crippen molar-refractivity contribution in [3.05, 3.63) is 30.1 Å². The molecule has 1 fully saturated rings. The SMILES string of the molecule is Cn1c(C2CCN(CCCCN)CC2)nc2ccccc21. The maximum atomic E-state index is 5.57. The van der Waals surface area contributed by atoms with Crippen molar-refractivity contribution < 1.29 is 0 Å². The summed E-state index contributed by atoms with van der Waals surface area (Å²) in [5, 5.41) is 0. The van der Waals surface area contributed by atoms with E-state index in [1.807, 2.05) is 0 Å². The van der Waals surface area contributed by atoms with Crippen LogP contribution >= 0.6 is 0 Å². The number of aromatic nitrogens is 2. The summed E-state index contributed by atoms with van der Waals surface area (Å²) in [5.41, 5.74) is 7.94. The molecule has 0 unspecified atom stereocenters. The zero-order valence-corrected chi connectivity index (χ0v) is 13.0.